The summed E-state index contributed by atoms with van der Waals surface area (Å²) >= 11 is 7.74. The van der Waals surface area contributed by atoms with Crippen LogP contribution in [-0.2, 0) is 6.54 Å². The molecule has 1 aromatic carbocycles. The molecule has 0 amide bonds. The van der Waals surface area contributed by atoms with Gasteiger partial charge < -0.3 is 5.32 Å². The highest BCUT2D eigenvalue weighted by molar-refractivity contribution is 7.99. The molecule has 124 valence electrons. The van der Waals surface area contributed by atoms with Gasteiger partial charge in [-0.1, -0.05) is 17.7 Å². The zero-order valence-corrected chi connectivity index (χ0v) is 14.3. The minimum atomic E-state index is -0.420. The SMILES string of the molecule is Fc1ccc(CNc2nccn3c([C@@H]4CCCS4)nnc23)cc1Cl. The number of anilines is 1. The summed E-state index contributed by atoms with van der Waals surface area (Å²) in [4.78, 5) is 4.35. The van der Waals surface area contributed by atoms with E-state index in [2.05, 4.69) is 20.5 Å². The molecule has 1 aliphatic heterocycles. The largest absolute Gasteiger partial charge is 0.363 e. The molecule has 1 aliphatic rings. The summed E-state index contributed by atoms with van der Waals surface area (Å²) in [6.07, 6.45) is 5.97. The molecule has 3 aromatic rings. The average molecular weight is 364 g/mol. The lowest BCUT2D eigenvalue weighted by Crippen LogP contribution is -2.05. The maximum Gasteiger partial charge on any atom is 0.203 e. The van der Waals surface area contributed by atoms with Crippen molar-refractivity contribution < 1.29 is 4.39 Å². The van der Waals surface area contributed by atoms with Crippen LogP contribution in [-0.4, -0.2) is 25.3 Å². The monoisotopic (exact) mass is 363 g/mol. The van der Waals surface area contributed by atoms with Crippen LogP contribution < -0.4 is 5.32 Å². The van der Waals surface area contributed by atoms with E-state index in [9.17, 15) is 4.39 Å². The van der Waals surface area contributed by atoms with Gasteiger partial charge in [0.1, 0.15) is 5.82 Å². The molecule has 0 saturated carbocycles. The van der Waals surface area contributed by atoms with Crippen LogP contribution in [0, 0.1) is 5.82 Å². The van der Waals surface area contributed by atoms with E-state index in [4.69, 9.17) is 11.6 Å². The number of hydrogen-bond acceptors (Lipinski definition) is 5. The van der Waals surface area contributed by atoms with E-state index < -0.39 is 5.82 Å². The van der Waals surface area contributed by atoms with Gasteiger partial charge >= 0.3 is 0 Å². The van der Waals surface area contributed by atoms with E-state index in [0.717, 1.165) is 17.8 Å². The summed E-state index contributed by atoms with van der Waals surface area (Å²) in [6, 6.07) is 4.66. The van der Waals surface area contributed by atoms with Gasteiger partial charge in [0, 0.05) is 18.9 Å². The van der Waals surface area contributed by atoms with Crippen LogP contribution in [0.15, 0.2) is 30.6 Å². The number of rotatable bonds is 4. The summed E-state index contributed by atoms with van der Waals surface area (Å²) < 4.78 is 15.2. The fraction of sp³-hybridized carbons (Fsp3) is 0.312. The number of fused-ring (bicyclic) bond motifs is 1. The van der Waals surface area contributed by atoms with Gasteiger partial charge in [0.15, 0.2) is 11.6 Å². The second-order valence-electron chi connectivity index (χ2n) is 5.63. The van der Waals surface area contributed by atoms with Crippen molar-refractivity contribution in [1.82, 2.24) is 19.6 Å². The topological polar surface area (TPSA) is 55.1 Å². The Labute approximate surface area is 147 Å². The molecular formula is C16H15ClFN5S. The Balaban J connectivity index is 1.59. The second kappa shape index (κ2) is 6.57. The lowest BCUT2D eigenvalue weighted by atomic mass is 10.2. The third kappa shape index (κ3) is 2.93. The first-order valence-corrected chi connectivity index (χ1v) is 9.14. The number of halogens is 2. The van der Waals surface area contributed by atoms with E-state index >= 15 is 0 Å². The molecular weight excluding hydrogens is 349 g/mol. The van der Waals surface area contributed by atoms with E-state index in [1.54, 1.807) is 18.3 Å². The van der Waals surface area contributed by atoms with Crippen LogP contribution >= 0.6 is 23.4 Å². The van der Waals surface area contributed by atoms with Crippen LogP contribution in [0.4, 0.5) is 10.2 Å². The minimum absolute atomic E-state index is 0.114. The zero-order valence-electron chi connectivity index (χ0n) is 12.7. The predicted molar refractivity (Wildman–Crippen MR) is 94.0 cm³/mol. The summed E-state index contributed by atoms with van der Waals surface area (Å²) in [6.45, 7) is 0.479. The molecule has 1 N–H and O–H groups in total. The first-order chi connectivity index (χ1) is 11.7. The molecule has 5 nitrogen and oxygen atoms in total. The van der Waals surface area contributed by atoms with Crippen LogP contribution in [0.5, 0.6) is 0 Å². The van der Waals surface area contributed by atoms with E-state index in [-0.39, 0.29) is 5.02 Å². The van der Waals surface area contributed by atoms with Crippen molar-refractivity contribution in [3.05, 3.63) is 52.8 Å². The van der Waals surface area contributed by atoms with Gasteiger partial charge in [0.05, 0.1) is 10.3 Å². The Bertz CT molecular complexity index is 878. The average Bonchev–Trinajstić information content (AvgIpc) is 3.24. The molecule has 0 unspecified atom stereocenters. The predicted octanol–water partition coefficient (Wildman–Crippen LogP) is 4.10. The van der Waals surface area contributed by atoms with Crippen molar-refractivity contribution in [1.29, 1.82) is 0 Å². The first-order valence-electron chi connectivity index (χ1n) is 7.71. The number of thioether (sulfide) groups is 1. The standard InChI is InChI=1S/C16H15ClFN5S/c17-11-8-10(3-4-12(11)18)9-20-14-16-22-21-15(13-2-1-7-24-13)23(16)6-5-19-14/h3-6,8,13H,1-2,7,9H2,(H,19,20)/t13-/m0/s1. The molecule has 0 radical (unpaired) electrons. The molecule has 1 saturated heterocycles. The highest BCUT2D eigenvalue weighted by Gasteiger charge is 2.23. The highest BCUT2D eigenvalue weighted by Crippen LogP contribution is 2.39. The van der Waals surface area contributed by atoms with E-state index in [1.165, 1.54) is 18.2 Å². The third-order valence-electron chi connectivity index (χ3n) is 4.02. The molecule has 0 aliphatic carbocycles. The van der Waals surface area contributed by atoms with Gasteiger partial charge in [-0.05, 0) is 36.3 Å². The first kappa shape index (κ1) is 15.7. The molecule has 0 spiro atoms. The van der Waals surface area contributed by atoms with Crippen molar-refractivity contribution in [2.75, 3.05) is 11.1 Å². The minimum Gasteiger partial charge on any atom is -0.363 e. The molecule has 1 atom stereocenters. The Morgan fingerprint density at radius 3 is 3.08 bits per heavy atom. The Morgan fingerprint density at radius 1 is 1.38 bits per heavy atom. The lowest BCUT2D eigenvalue weighted by molar-refractivity contribution is 0.627. The smallest absolute Gasteiger partial charge is 0.203 e. The quantitative estimate of drug-likeness (QED) is 0.756. The summed E-state index contributed by atoms with van der Waals surface area (Å²) in [5.41, 5.74) is 1.57. The van der Waals surface area contributed by atoms with Gasteiger partial charge in [0.2, 0.25) is 5.65 Å². The molecule has 0 bridgehead atoms. The second-order valence-corrected chi connectivity index (χ2v) is 7.35. The zero-order chi connectivity index (χ0) is 16.5. The van der Waals surface area contributed by atoms with Crippen LogP contribution in [0.1, 0.15) is 29.5 Å². The van der Waals surface area contributed by atoms with Crippen molar-refractivity contribution in [2.24, 2.45) is 0 Å². The maximum absolute atomic E-state index is 13.2. The van der Waals surface area contributed by atoms with E-state index in [1.807, 2.05) is 22.4 Å². The highest BCUT2D eigenvalue weighted by atomic mass is 35.5. The molecule has 24 heavy (non-hydrogen) atoms. The number of nitrogens with zero attached hydrogens (tertiary/aromatic N) is 4. The van der Waals surface area contributed by atoms with Crippen LogP contribution in [0.2, 0.25) is 5.02 Å². The Kier molecular flexibility index (Phi) is 4.28. The molecule has 8 heteroatoms. The molecule has 1 fully saturated rings. The number of hydrogen-bond donors (Lipinski definition) is 1. The van der Waals surface area contributed by atoms with Gasteiger partial charge in [0.25, 0.3) is 0 Å². The normalized spacial score (nSPS) is 17.5. The molecule has 2 aromatic heterocycles. The van der Waals surface area contributed by atoms with Gasteiger partial charge in [-0.3, -0.25) is 4.40 Å². The van der Waals surface area contributed by atoms with E-state index in [0.29, 0.717) is 23.3 Å². The van der Waals surface area contributed by atoms with Crippen molar-refractivity contribution in [3.8, 4) is 0 Å². The fourth-order valence-electron chi connectivity index (χ4n) is 2.81. The van der Waals surface area contributed by atoms with Crippen LogP contribution in [0.3, 0.4) is 0 Å². The van der Waals surface area contributed by atoms with Gasteiger partial charge in [-0.15, -0.1) is 10.2 Å². The molecule has 3 heterocycles. The number of benzene rings is 1. The van der Waals surface area contributed by atoms with Crippen molar-refractivity contribution >= 4 is 34.8 Å². The van der Waals surface area contributed by atoms with Gasteiger partial charge in [-0.25, -0.2) is 9.37 Å². The third-order valence-corrected chi connectivity index (χ3v) is 5.68. The molecule has 4 rings (SSSR count). The summed E-state index contributed by atoms with van der Waals surface area (Å²) in [5.74, 6) is 2.38. The number of aromatic nitrogens is 4. The fourth-order valence-corrected chi connectivity index (χ4v) is 4.27. The van der Waals surface area contributed by atoms with Gasteiger partial charge in [-0.2, -0.15) is 11.8 Å². The Hall–Kier alpha value is -1.86. The maximum atomic E-state index is 13.2. The Morgan fingerprint density at radius 2 is 2.29 bits per heavy atom. The lowest BCUT2D eigenvalue weighted by Gasteiger charge is -2.09. The van der Waals surface area contributed by atoms with Crippen LogP contribution in [0.25, 0.3) is 5.65 Å². The summed E-state index contributed by atoms with van der Waals surface area (Å²) in [5, 5.41) is 12.4. The van der Waals surface area contributed by atoms with Crippen molar-refractivity contribution in [2.45, 2.75) is 24.6 Å². The van der Waals surface area contributed by atoms with Crippen molar-refractivity contribution in [3.63, 3.8) is 0 Å². The summed E-state index contributed by atoms with van der Waals surface area (Å²) in [7, 11) is 0. The number of nitrogens with one attached hydrogen (secondary N) is 1.